The van der Waals surface area contributed by atoms with Crippen LogP contribution in [0.1, 0.15) is 17.4 Å². The fraction of sp³-hybridized carbons (Fsp3) is 0.214. The molecule has 0 fully saturated rings. The molecule has 0 radical (unpaired) electrons. The Morgan fingerprint density at radius 3 is 2.24 bits per heavy atom. The smallest absolute Gasteiger partial charge is 0.262 e. The van der Waals surface area contributed by atoms with E-state index in [4.69, 9.17) is 0 Å². The average molecular weight is 324 g/mol. The van der Waals surface area contributed by atoms with Gasteiger partial charge in [-0.15, -0.1) is 11.3 Å². The molecule has 0 saturated heterocycles. The van der Waals surface area contributed by atoms with Crippen LogP contribution in [-0.4, -0.2) is 14.3 Å². The average Bonchev–Trinajstić information content (AvgIpc) is 2.67. The molecule has 1 aromatic heterocycles. The summed E-state index contributed by atoms with van der Waals surface area (Å²) in [5.74, 6) is -0.201. The van der Waals surface area contributed by atoms with Crippen LogP contribution in [0.4, 0.5) is 10.7 Å². The van der Waals surface area contributed by atoms with Gasteiger partial charge in [0.15, 0.2) is 0 Å². The van der Waals surface area contributed by atoms with Crippen LogP contribution in [0.5, 0.6) is 0 Å². The third-order valence-electron chi connectivity index (χ3n) is 2.89. The summed E-state index contributed by atoms with van der Waals surface area (Å²) >= 11 is 1.40. The second kappa shape index (κ2) is 5.87. The van der Waals surface area contributed by atoms with Crippen LogP contribution in [0.3, 0.4) is 0 Å². The van der Waals surface area contributed by atoms with Gasteiger partial charge >= 0.3 is 0 Å². The number of hydrogen-bond donors (Lipinski definition) is 2. The summed E-state index contributed by atoms with van der Waals surface area (Å²) in [6.07, 6.45) is 0. The third-order valence-corrected chi connectivity index (χ3v) is 5.46. The number of nitrogens with one attached hydrogen (secondary N) is 2. The molecule has 1 heterocycles. The summed E-state index contributed by atoms with van der Waals surface area (Å²) in [7, 11) is -3.61. The van der Waals surface area contributed by atoms with Crippen molar-refractivity contribution in [1.29, 1.82) is 0 Å². The van der Waals surface area contributed by atoms with E-state index in [2.05, 4.69) is 10.0 Å². The Balaban J connectivity index is 2.21. The zero-order valence-corrected chi connectivity index (χ0v) is 13.6. The second-order valence-electron chi connectivity index (χ2n) is 4.66. The fourth-order valence-electron chi connectivity index (χ4n) is 1.74. The fourth-order valence-corrected chi connectivity index (χ4v) is 3.95. The molecule has 0 aliphatic carbocycles. The lowest BCUT2D eigenvalue weighted by atomic mass is 10.3. The molecule has 2 rings (SSSR count). The van der Waals surface area contributed by atoms with E-state index in [0.29, 0.717) is 10.7 Å². The Hall–Kier alpha value is -1.86. The first-order valence-electron chi connectivity index (χ1n) is 6.25. The monoisotopic (exact) mass is 324 g/mol. The first kappa shape index (κ1) is 15.5. The van der Waals surface area contributed by atoms with Crippen LogP contribution in [0.15, 0.2) is 35.2 Å². The van der Waals surface area contributed by atoms with Gasteiger partial charge in [-0.05, 0) is 49.7 Å². The van der Waals surface area contributed by atoms with Crippen molar-refractivity contribution in [2.45, 2.75) is 25.7 Å². The van der Waals surface area contributed by atoms with Crippen LogP contribution in [0, 0.1) is 13.8 Å². The molecule has 2 aromatic rings. The second-order valence-corrected chi connectivity index (χ2v) is 7.60. The van der Waals surface area contributed by atoms with Gasteiger partial charge < -0.3 is 5.32 Å². The molecule has 7 heteroatoms. The molecular formula is C14H16N2O3S2. The maximum absolute atomic E-state index is 12.3. The topological polar surface area (TPSA) is 75.3 Å². The van der Waals surface area contributed by atoms with E-state index in [-0.39, 0.29) is 10.8 Å². The van der Waals surface area contributed by atoms with Gasteiger partial charge in [0.2, 0.25) is 5.91 Å². The first-order valence-corrected chi connectivity index (χ1v) is 8.55. The summed E-state index contributed by atoms with van der Waals surface area (Å²) in [5, 5.41) is 3.19. The highest BCUT2D eigenvalue weighted by atomic mass is 32.2. The zero-order chi connectivity index (χ0) is 15.6. The van der Waals surface area contributed by atoms with Crippen molar-refractivity contribution in [3.63, 3.8) is 0 Å². The summed E-state index contributed by atoms with van der Waals surface area (Å²) in [5.41, 5.74) is 1.61. The molecular weight excluding hydrogens is 308 g/mol. The standard InChI is InChI=1S/C14H16N2O3S2/c1-9-8-14(20-10(9)2)16-21(18,19)13-6-4-12(5-7-13)15-11(3)17/h4-8,16H,1-3H3,(H,15,17). The van der Waals surface area contributed by atoms with Crippen molar-refractivity contribution in [3.8, 4) is 0 Å². The van der Waals surface area contributed by atoms with E-state index < -0.39 is 10.0 Å². The molecule has 0 unspecified atom stereocenters. The molecule has 0 atom stereocenters. The number of benzene rings is 1. The molecule has 0 spiro atoms. The van der Waals surface area contributed by atoms with Crippen molar-refractivity contribution in [2.24, 2.45) is 0 Å². The SMILES string of the molecule is CC(=O)Nc1ccc(S(=O)(=O)Nc2cc(C)c(C)s2)cc1. The summed E-state index contributed by atoms with van der Waals surface area (Å²) < 4.78 is 27.1. The minimum atomic E-state index is -3.61. The molecule has 1 amide bonds. The van der Waals surface area contributed by atoms with Gasteiger partial charge in [-0.1, -0.05) is 0 Å². The molecule has 5 nitrogen and oxygen atoms in total. The van der Waals surface area contributed by atoms with Gasteiger partial charge in [0.1, 0.15) is 5.00 Å². The van der Waals surface area contributed by atoms with Crippen LogP contribution in [-0.2, 0) is 14.8 Å². The normalized spacial score (nSPS) is 11.2. The van der Waals surface area contributed by atoms with Crippen LogP contribution >= 0.6 is 11.3 Å². The maximum Gasteiger partial charge on any atom is 0.262 e. The molecule has 1 aromatic carbocycles. The lowest BCUT2D eigenvalue weighted by Gasteiger charge is -2.07. The van der Waals surface area contributed by atoms with E-state index >= 15 is 0 Å². The molecule has 0 bridgehead atoms. The summed E-state index contributed by atoms with van der Waals surface area (Å²) in [6, 6.07) is 7.84. The number of rotatable bonds is 4. The lowest BCUT2D eigenvalue weighted by Crippen LogP contribution is -2.12. The van der Waals surface area contributed by atoms with Gasteiger partial charge in [-0.25, -0.2) is 8.42 Å². The minimum Gasteiger partial charge on any atom is -0.326 e. The molecule has 21 heavy (non-hydrogen) atoms. The minimum absolute atomic E-state index is 0.153. The van der Waals surface area contributed by atoms with Crippen molar-refractivity contribution in [3.05, 3.63) is 40.8 Å². The van der Waals surface area contributed by atoms with Gasteiger partial charge in [0.25, 0.3) is 10.0 Å². The number of sulfonamides is 1. The third kappa shape index (κ3) is 3.83. The predicted molar refractivity (Wildman–Crippen MR) is 85.3 cm³/mol. The Morgan fingerprint density at radius 2 is 1.76 bits per heavy atom. The van der Waals surface area contributed by atoms with E-state index in [1.165, 1.54) is 30.4 Å². The van der Waals surface area contributed by atoms with E-state index in [1.54, 1.807) is 12.1 Å². The number of anilines is 2. The number of hydrogen-bond acceptors (Lipinski definition) is 4. The number of carbonyl (C=O) groups excluding carboxylic acids is 1. The number of aryl methyl sites for hydroxylation is 2. The molecule has 0 aliphatic rings. The molecule has 0 aliphatic heterocycles. The highest BCUT2D eigenvalue weighted by Crippen LogP contribution is 2.28. The van der Waals surface area contributed by atoms with E-state index in [9.17, 15) is 13.2 Å². The van der Waals surface area contributed by atoms with Crippen molar-refractivity contribution in [2.75, 3.05) is 10.0 Å². The number of carbonyl (C=O) groups is 1. The zero-order valence-electron chi connectivity index (χ0n) is 11.9. The highest BCUT2D eigenvalue weighted by Gasteiger charge is 2.15. The molecule has 112 valence electrons. The van der Waals surface area contributed by atoms with Gasteiger partial charge in [0, 0.05) is 17.5 Å². The Kier molecular flexibility index (Phi) is 4.34. The number of thiophene rings is 1. The van der Waals surface area contributed by atoms with Gasteiger partial charge in [-0.2, -0.15) is 0 Å². The Labute approximate surface area is 128 Å². The van der Waals surface area contributed by atoms with Gasteiger partial charge in [-0.3, -0.25) is 9.52 Å². The van der Waals surface area contributed by atoms with Gasteiger partial charge in [0.05, 0.1) is 4.90 Å². The highest BCUT2D eigenvalue weighted by molar-refractivity contribution is 7.93. The van der Waals surface area contributed by atoms with Crippen LogP contribution in [0.2, 0.25) is 0 Å². The van der Waals surface area contributed by atoms with E-state index in [1.807, 2.05) is 19.9 Å². The predicted octanol–water partition coefficient (Wildman–Crippen LogP) is 3.12. The van der Waals surface area contributed by atoms with Crippen LogP contribution < -0.4 is 10.0 Å². The first-order chi connectivity index (χ1) is 9.78. The maximum atomic E-state index is 12.3. The van der Waals surface area contributed by atoms with Crippen LogP contribution in [0.25, 0.3) is 0 Å². The quantitative estimate of drug-likeness (QED) is 0.907. The number of amides is 1. The van der Waals surface area contributed by atoms with Crippen molar-refractivity contribution < 1.29 is 13.2 Å². The Bertz CT molecular complexity index is 743. The lowest BCUT2D eigenvalue weighted by molar-refractivity contribution is -0.114. The van der Waals surface area contributed by atoms with Crippen molar-refractivity contribution >= 4 is 38.0 Å². The summed E-state index contributed by atoms with van der Waals surface area (Å²) in [6.45, 7) is 5.28. The largest absolute Gasteiger partial charge is 0.326 e. The molecule has 2 N–H and O–H groups in total. The van der Waals surface area contributed by atoms with Crippen molar-refractivity contribution in [1.82, 2.24) is 0 Å². The molecule has 0 saturated carbocycles. The Morgan fingerprint density at radius 1 is 1.14 bits per heavy atom. The van der Waals surface area contributed by atoms with E-state index in [0.717, 1.165) is 10.4 Å². The summed E-state index contributed by atoms with van der Waals surface area (Å²) in [4.78, 5) is 12.2.